The number of pyridine rings is 1. The van der Waals surface area contributed by atoms with Crippen LogP contribution < -0.4 is 0 Å². The van der Waals surface area contributed by atoms with Crippen LogP contribution in [-0.2, 0) is 5.41 Å². The number of hydrogen-bond acceptors (Lipinski definition) is 2. The molecule has 0 atom stereocenters. The van der Waals surface area contributed by atoms with E-state index in [1.54, 1.807) is 0 Å². The molecule has 10 aromatic rings. The number of fused-ring (bicyclic) bond motifs is 12. The second-order valence-corrected chi connectivity index (χ2v) is 14.7. The van der Waals surface area contributed by atoms with Gasteiger partial charge in [0.15, 0.2) is 0 Å². The third kappa shape index (κ3) is 4.31. The summed E-state index contributed by atoms with van der Waals surface area (Å²) >= 11 is 0. The van der Waals surface area contributed by atoms with Gasteiger partial charge in [-0.05, 0) is 64.2 Å². The van der Waals surface area contributed by atoms with Crippen LogP contribution >= 0.6 is 0 Å². The molecule has 250 valence electrons. The molecule has 3 heteroatoms. The molecule has 0 spiro atoms. The van der Waals surface area contributed by atoms with Crippen molar-refractivity contribution >= 4 is 43.7 Å². The number of hydrogen-bond donors (Lipinski definition) is 0. The molecule has 53 heavy (non-hydrogen) atoms. The van der Waals surface area contributed by atoms with Crippen molar-refractivity contribution in [1.29, 1.82) is 0 Å². The largest absolute Gasteiger partial charge is 0.455 e. The Morgan fingerprint density at radius 1 is 0.528 bits per heavy atom. The highest BCUT2D eigenvalue weighted by molar-refractivity contribution is 6.31. The van der Waals surface area contributed by atoms with Crippen molar-refractivity contribution in [1.82, 2.24) is 9.55 Å². The number of benzene rings is 7. The first-order valence-electron chi connectivity index (χ1n) is 18.3. The summed E-state index contributed by atoms with van der Waals surface area (Å²) < 4.78 is 9.34. The smallest absolute Gasteiger partial charge is 0.144 e. The highest BCUT2D eigenvalue weighted by Crippen LogP contribution is 2.57. The minimum Gasteiger partial charge on any atom is -0.455 e. The van der Waals surface area contributed by atoms with Crippen molar-refractivity contribution in [2.45, 2.75) is 19.3 Å². The van der Waals surface area contributed by atoms with E-state index in [-0.39, 0.29) is 5.41 Å². The molecule has 1 aliphatic carbocycles. The molecular weight excluding hydrogens is 645 g/mol. The van der Waals surface area contributed by atoms with Gasteiger partial charge in [-0.1, -0.05) is 147 Å². The molecule has 0 saturated heterocycles. The maximum atomic E-state index is 6.85. The third-order valence-electron chi connectivity index (χ3n) is 11.4. The van der Waals surface area contributed by atoms with E-state index in [0.29, 0.717) is 0 Å². The van der Waals surface area contributed by atoms with Gasteiger partial charge in [0.1, 0.15) is 11.2 Å². The predicted molar refractivity (Wildman–Crippen MR) is 220 cm³/mol. The fourth-order valence-electron chi connectivity index (χ4n) is 8.96. The molecule has 3 aromatic heterocycles. The lowest BCUT2D eigenvalue weighted by Gasteiger charge is -2.24. The summed E-state index contributed by atoms with van der Waals surface area (Å²) in [7, 11) is 0. The van der Waals surface area contributed by atoms with Crippen LogP contribution in [-0.4, -0.2) is 9.55 Å². The van der Waals surface area contributed by atoms with Gasteiger partial charge in [0, 0.05) is 49.3 Å². The lowest BCUT2D eigenvalue weighted by Crippen LogP contribution is -2.16. The van der Waals surface area contributed by atoms with E-state index in [1.165, 1.54) is 55.0 Å². The molecule has 7 aromatic carbocycles. The van der Waals surface area contributed by atoms with Crippen molar-refractivity contribution < 1.29 is 4.42 Å². The van der Waals surface area contributed by atoms with Gasteiger partial charge in [-0.15, -0.1) is 0 Å². The zero-order valence-corrected chi connectivity index (χ0v) is 29.5. The van der Waals surface area contributed by atoms with E-state index in [4.69, 9.17) is 9.40 Å². The summed E-state index contributed by atoms with van der Waals surface area (Å²) in [5, 5.41) is 4.80. The van der Waals surface area contributed by atoms with Crippen LogP contribution in [0.5, 0.6) is 0 Å². The van der Waals surface area contributed by atoms with Crippen LogP contribution in [0, 0.1) is 0 Å². The number of para-hydroxylation sites is 2. The van der Waals surface area contributed by atoms with Gasteiger partial charge >= 0.3 is 0 Å². The summed E-state index contributed by atoms with van der Waals surface area (Å²) in [5.74, 6) is 0. The zero-order chi connectivity index (χ0) is 35.3. The molecule has 0 aliphatic heterocycles. The Bertz CT molecular complexity index is 3000. The fourth-order valence-corrected chi connectivity index (χ4v) is 8.96. The van der Waals surface area contributed by atoms with E-state index < -0.39 is 0 Å². The summed E-state index contributed by atoms with van der Waals surface area (Å²) in [6.45, 7) is 4.73. The molecule has 0 fully saturated rings. The van der Waals surface area contributed by atoms with Crippen LogP contribution in [0.4, 0.5) is 0 Å². The second kappa shape index (κ2) is 11.1. The van der Waals surface area contributed by atoms with Gasteiger partial charge in [-0.3, -0.25) is 0 Å². The number of rotatable bonds is 4. The molecule has 1 aliphatic rings. The number of furan rings is 1. The first kappa shape index (κ1) is 30.0. The number of nitrogens with zero attached hydrogens (tertiary/aromatic N) is 2. The monoisotopic (exact) mass is 678 g/mol. The highest BCUT2D eigenvalue weighted by Gasteiger charge is 2.41. The predicted octanol–water partition coefficient (Wildman–Crippen LogP) is 13.4. The van der Waals surface area contributed by atoms with E-state index in [1.807, 2.05) is 6.07 Å². The Labute approximate surface area is 307 Å². The zero-order valence-electron chi connectivity index (χ0n) is 29.5. The van der Waals surface area contributed by atoms with Crippen LogP contribution in [0.15, 0.2) is 174 Å². The maximum Gasteiger partial charge on any atom is 0.144 e. The summed E-state index contributed by atoms with van der Waals surface area (Å²) in [6.07, 6.45) is 0. The normalized spacial score (nSPS) is 13.2. The molecule has 11 rings (SSSR count). The lowest BCUT2D eigenvalue weighted by molar-refractivity contribution is 0.656. The average Bonchev–Trinajstić information content (AvgIpc) is 3.84. The Hall–Kier alpha value is -6.71. The topological polar surface area (TPSA) is 31.0 Å². The molecule has 0 unspecified atom stereocenters. The first-order chi connectivity index (χ1) is 26.1. The van der Waals surface area contributed by atoms with Crippen molar-refractivity contribution in [3.63, 3.8) is 0 Å². The van der Waals surface area contributed by atoms with Gasteiger partial charge in [0.25, 0.3) is 0 Å². The van der Waals surface area contributed by atoms with Crippen molar-refractivity contribution in [3.05, 3.63) is 181 Å². The number of aromatic nitrogens is 2. The molecule has 0 radical (unpaired) electrons. The molecule has 0 N–H and O–H groups in total. The first-order valence-corrected chi connectivity index (χ1v) is 18.3. The Balaban J connectivity index is 1.18. The van der Waals surface area contributed by atoms with E-state index in [9.17, 15) is 0 Å². The minimum atomic E-state index is -0.251. The quantitative estimate of drug-likeness (QED) is 0.185. The minimum absolute atomic E-state index is 0.251. The summed E-state index contributed by atoms with van der Waals surface area (Å²) in [4.78, 5) is 5.22. The van der Waals surface area contributed by atoms with Crippen molar-refractivity contribution in [2.75, 3.05) is 0 Å². The van der Waals surface area contributed by atoms with E-state index >= 15 is 0 Å². The standard InChI is InChI=1S/C50H34N2O/c1-50(2)39-22-12-9-19-36(39)46-47(50)48-44(45-38-21-11-14-24-43(38)53-49(45)46)37-20-10-13-23-42(37)52(48)35-27-25-33(26-28-35)41-30-34(31-15-5-3-6-16-31)29-40(51-41)32-17-7-4-8-18-32/h3-30H,1-2H3. The van der Waals surface area contributed by atoms with Crippen LogP contribution in [0.3, 0.4) is 0 Å². The van der Waals surface area contributed by atoms with E-state index in [2.05, 4.69) is 182 Å². The fraction of sp³-hybridized carbons (Fsp3) is 0.0600. The second-order valence-electron chi connectivity index (χ2n) is 14.7. The molecular formula is C50H34N2O. The SMILES string of the molecule is CC1(C)c2ccccc2-c2c1c1c(c3ccccc3n1-c1ccc(-c3cc(-c4ccccc4)cc(-c4ccccc4)n3)cc1)c1c2oc2ccccc21. The van der Waals surface area contributed by atoms with Crippen LogP contribution in [0.2, 0.25) is 0 Å². The van der Waals surface area contributed by atoms with E-state index in [0.717, 1.165) is 50.3 Å². The van der Waals surface area contributed by atoms with Crippen LogP contribution in [0.1, 0.15) is 25.0 Å². The highest BCUT2D eigenvalue weighted by atomic mass is 16.3. The molecule has 0 amide bonds. The third-order valence-corrected chi connectivity index (χ3v) is 11.4. The van der Waals surface area contributed by atoms with Crippen molar-refractivity contribution in [2.24, 2.45) is 0 Å². The summed E-state index contributed by atoms with van der Waals surface area (Å²) in [5.41, 5.74) is 16.7. The Morgan fingerprint density at radius 3 is 1.89 bits per heavy atom. The summed E-state index contributed by atoms with van der Waals surface area (Å²) in [6, 6.07) is 60.6. The van der Waals surface area contributed by atoms with Gasteiger partial charge in [-0.25, -0.2) is 4.98 Å². The van der Waals surface area contributed by atoms with Gasteiger partial charge in [0.05, 0.1) is 22.4 Å². The Morgan fingerprint density at radius 2 is 1.13 bits per heavy atom. The maximum absolute atomic E-state index is 6.85. The average molecular weight is 679 g/mol. The van der Waals surface area contributed by atoms with Gasteiger partial charge in [0.2, 0.25) is 0 Å². The Kier molecular flexibility index (Phi) is 6.30. The molecule has 0 saturated carbocycles. The lowest BCUT2D eigenvalue weighted by atomic mass is 9.81. The van der Waals surface area contributed by atoms with Gasteiger partial charge in [-0.2, -0.15) is 0 Å². The van der Waals surface area contributed by atoms with Crippen molar-refractivity contribution in [3.8, 4) is 50.5 Å². The molecule has 3 nitrogen and oxygen atoms in total. The van der Waals surface area contributed by atoms with Gasteiger partial charge < -0.3 is 8.98 Å². The molecule has 3 heterocycles. The van der Waals surface area contributed by atoms with Crippen LogP contribution in [0.25, 0.3) is 94.2 Å². The molecule has 0 bridgehead atoms.